The average Bonchev–Trinajstić information content (AvgIpc) is 2.27. The Morgan fingerprint density at radius 2 is 1.88 bits per heavy atom. The topological polar surface area (TPSA) is 12.4 Å². The minimum Gasteiger partial charge on any atom is -0.297 e. The van der Waals surface area contributed by atoms with Gasteiger partial charge in [-0.05, 0) is 32.1 Å². The van der Waals surface area contributed by atoms with Gasteiger partial charge in [0.05, 0.1) is 0 Å². The lowest BCUT2D eigenvalue weighted by Gasteiger charge is -2.25. The van der Waals surface area contributed by atoms with Crippen LogP contribution in [0.15, 0.2) is 17.1 Å². The Kier molecular flexibility index (Phi) is 8.23. The van der Waals surface area contributed by atoms with Crippen LogP contribution in [0.25, 0.3) is 0 Å². The second-order valence-corrected chi connectivity index (χ2v) is 4.82. The first-order valence-corrected chi connectivity index (χ1v) is 6.69. The molecule has 2 unspecified atom stereocenters. The lowest BCUT2D eigenvalue weighted by Crippen LogP contribution is -2.22. The molecule has 0 saturated carbocycles. The minimum absolute atomic E-state index is 0.560. The van der Waals surface area contributed by atoms with Crippen molar-refractivity contribution in [2.75, 3.05) is 7.05 Å². The molecule has 1 heteroatoms. The fourth-order valence-electron chi connectivity index (χ4n) is 2.24. The van der Waals surface area contributed by atoms with E-state index in [1.807, 2.05) is 7.05 Å². The number of aliphatic imine (C=N–C) groups is 1. The van der Waals surface area contributed by atoms with Crippen molar-refractivity contribution in [2.45, 2.75) is 59.8 Å². The van der Waals surface area contributed by atoms with Crippen molar-refractivity contribution >= 4 is 5.71 Å². The summed E-state index contributed by atoms with van der Waals surface area (Å²) >= 11 is 0. The Labute approximate surface area is 102 Å². The predicted molar refractivity (Wildman–Crippen MR) is 75.3 cm³/mol. The van der Waals surface area contributed by atoms with Crippen LogP contribution in [-0.2, 0) is 0 Å². The number of unbranched alkanes of at least 4 members (excludes halogenated alkanes) is 2. The third kappa shape index (κ3) is 4.96. The number of hydrogen-bond donors (Lipinski definition) is 0. The number of hydrogen-bond acceptors (Lipinski definition) is 1. The van der Waals surface area contributed by atoms with Crippen LogP contribution in [0, 0.1) is 11.8 Å². The summed E-state index contributed by atoms with van der Waals surface area (Å²) in [7, 11) is 1.94. The maximum atomic E-state index is 4.51. The molecule has 0 aromatic rings. The SMILES string of the molecule is C=C(C)C(C)C(CC)C(CCCCC)=NC. The molecule has 0 N–H and O–H groups in total. The van der Waals surface area contributed by atoms with E-state index in [1.54, 1.807) is 0 Å². The fourth-order valence-corrected chi connectivity index (χ4v) is 2.24. The Bertz CT molecular complexity index is 228. The molecule has 0 radical (unpaired) electrons. The van der Waals surface area contributed by atoms with Gasteiger partial charge in [-0.15, -0.1) is 0 Å². The molecule has 0 amide bonds. The first-order valence-electron chi connectivity index (χ1n) is 6.69. The van der Waals surface area contributed by atoms with Crippen LogP contribution in [-0.4, -0.2) is 12.8 Å². The number of rotatable bonds is 8. The average molecular weight is 223 g/mol. The third-order valence-corrected chi connectivity index (χ3v) is 3.57. The molecule has 0 aromatic carbocycles. The Morgan fingerprint density at radius 3 is 2.25 bits per heavy atom. The van der Waals surface area contributed by atoms with Crippen LogP contribution in [0.2, 0.25) is 0 Å². The molecule has 0 saturated heterocycles. The van der Waals surface area contributed by atoms with Crippen molar-refractivity contribution in [3.63, 3.8) is 0 Å². The highest BCUT2D eigenvalue weighted by Crippen LogP contribution is 2.25. The predicted octanol–water partition coefficient (Wildman–Crippen LogP) is 4.88. The summed E-state index contributed by atoms with van der Waals surface area (Å²) in [5.74, 6) is 1.16. The summed E-state index contributed by atoms with van der Waals surface area (Å²) in [6.45, 7) is 13.0. The first-order chi connectivity index (χ1) is 7.58. The van der Waals surface area contributed by atoms with E-state index in [0.29, 0.717) is 11.8 Å². The molecule has 0 spiro atoms. The lowest BCUT2D eigenvalue weighted by atomic mass is 9.81. The van der Waals surface area contributed by atoms with Crippen LogP contribution >= 0.6 is 0 Å². The maximum absolute atomic E-state index is 4.51. The van der Waals surface area contributed by atoms with Crippen molar-refractivity contribution in [3.8, 4) is 0 Å². The molecule has 2 atom stereocenters. The van der Waals surface area contributed by atoms with Gasteiger partial charge in [0.1, 0.15) is 0 Å². The van der Waals surface area contributed by atoms with Crippen molar-refractivity contribution in [1.82, 2.24) is 0 Å². The first kappa shape index (κ1) is 15.4. The molecule has 94 valence electrons. The molecule has 0 heterocycles. The van der Waals surface area contributed by atoms with Crippen LogP contribution in [0.3, 0.4) is 0 Å². The van der Waals surface area contributed by atoms with Gasteiger partial charge in [0.15, 0.2) is 0 Å². The quantitative estimate of drug-likeness (QED) is 0.316. The largest absolute Gasteiger partial charge is 0.297 e. The molecular weight excluding hydrogens is 194 g/mol. The zero-order valence-electron chi connectivity index (χ0n) is 11.8. The summed E-state index contributed by atoms with van der Waals surface area (Å²) in [6.07, 6.45) is 6.22. The minimum atomic E-state index is 0.560. The van der Waals surface area contributed by atoms with Gasteiger partial charge in [0.25, 0.3) is 0 Å². The van der Waals surface area contributed by atoms with E-state index in [-0.39, 0.29) is 0 Å². The van der Waals surface area contributed by atoms with E-state index < -0.39 is 0 Å². The monoisotopic (exact) mass is 223 g/mol. The van der Waals surface area contributed by atoms with E-state index in [1.165, 1.54) is 43.4 Å². The van der Waals surface area contributed by atoms with E-state index >= 15 is 0 Å². The molecule has 0 aliphatic carbocycles. The van der Waals surface area contributed by atoms with Crippen LogP contribution < -0.4 is 0 Å². The van der Waals surface area contributed by atoms with Crippen molar-refractivity contribution in [3.05, 3.63) is 12.2 Å². The molecule has 0 bridgehead atoms. The molecule has 0 fully saturated rings. The third-order valence-electron chi connectivity index (χ3n) is 3.57. The van der Waals surface area contributed by atoms with E-state index in [2.05, 4.69) is 39.3 Å². The summed E-state index contributed by atoms with van der Waals surface area (Å²) < 4.78 is 0. The van der Waals surface area contributed by atoms with Gasteiger partial charge in [0.2, 0.25) is 0 Å². The molecule has 1 nitrogen and oxygen atoms in total. The maximum Gasteiger partial charge on any atom is 0.0276 e. The molecule has 0 aromatic heterocycles. The fraction of sp³-hybridized carbons (Fsp3) is 0.800. The van der Waals surface area contributed by atoms with Crippen LogP contribution in [0.4, 0.5) is 0 Å². The van der Waals surface area contributed by atoms with Crippen molar-refractivity contribution in [2.24, 2.45) is 16.8 Å². The van der Waals surface area contributed by atoms with Gasteiger partial charge >= 0.3 is 0 Å². The summed E-state index contributed by atoms with van der Waals surface area (Å²) in [4.78, 5) is 4.51. The van der Waals surface area contributed by atoms with Crippen LogP contribution in [0.5, 0.6) is 0 Å². The Balaban J connectivity index is 4.45. The smallest absolute Gasteiger partial charge is 0.0276 e. The van der Waals surface area contributed by atoms with E-state index in [4.69, 9.17) is 0 Å². The molecule has 0 rings (SSSR count). The van der Waals surface area contributed by atoms with E-state index in [9.17, 15) is 0 Å². The van der Waals surface area contributed by atoms with Gasteiger partial charge in [-0.25, -0.2) is 0 Å². The zero-order chi connectivity index (χ0) is 12.6. The second-order valence-electron chi connectivity index (χ2n) is 4.82. The molecular formula is C15H29N. The molecule has 0 aliphatic rings. The standard InChI is InChI=1S/C15H29N/c1-7-9-10-11-15(16-6)14(8-2)13(5)12(3)4/h13-14H,3,7-11H2,1-2,4-6H3. The summed E-state index contributed by atoms with van der Waals surface area (Å²) in [5.41, 5.74) is 2.68. The highest BCUT2D eigenvalue weighted by Gasteiger charge is 2.20. The van der Waals surface area contributed by atoms with Gasteiger partial charge < -0.3 is 0 Å². The normalized spacial score (nSPS) is 15.9. The number of allylic oxidation sites excluding steroid dienone is 1. The van der Waals surface area contributed by atoms with Gasteiger partial charge in [-0.2, -0.15) is 0 Å². The molecule has 16 heavy (non-hydrogen) atoms. The van der Waals surface area contributed by atoms with Gasteiger partial charge in [-0.1, -0.05) is 45.8 Å². The zero-order valence-corrected chi connectivity index (χ0v) is 11.8. The number of nitrogens with zero attached hydrogens (tertiary/aromatic N) is 1. The summed E-state index contributed by atoms with van der Waals surface area (Å²) in [5, 5.41) is 0. The van der Waals surface area contributed by atoms with Gasteiger partial charge in [-0.3, -0.25) is 4.99 Å². The highest BCUT2D eigenvalue weighted by atomic mass is 14.7. The highest BCUT2D eigenvalue weighted by molar-refractivity contribution is 5.87. The Morgan fingerprint density at radius 1 is 1.25 bits per heavy atom. The van der Waals surface area contributed by atoms with Crippen LogP contribution in [0.1, 0.15) is 59.8 Å². The molecule has 0 aliphatic heterocycles. The van der Waals surface area contributed by atoms with E-state index in [0.717, 1.165) is 0 Å². The van der Waals surface area contributed by atoms with Crippen molar-refractivity contribution in [1.29, 1.82) is 0 Å². The van der Waals surface area contributed by atoms with Gasteiger partial charge in [0, 0.05) is 18.7 Å². The Hall–Kier alpha value is -0.590. The van der Waals surface area contributed by atoms with Crippen molar-refractivity contribution < 1.29 is 0 Å². The lowest BCUT2D eigenvalue weighted by molar-refractivity contribution is 0.494. The second kappa shape index (κ2) is 8.55. The summed E-state index contributed by atoms with van der Waals surface area (Å²) in [6, 6.07) is 0.